The Kier molecular flexibility index (Phi) is 8.81. The van der Waals surface area contributed by atoms with E-state index in [1.54, 1.807) is 0 Å². The van der Waals surface area contributed by atoms with Gasteiger partial charge in [0.2, 0.25) is 0 Å². The molecule has 0 spiro atoms. The van der Waals surface area contributed by atoms with Crippen LogP contribution < -0.4 is 0 Å². The lowest BCUT2D eigenvalue weighted by molar-refractivity contribution is -0.137. The van der Waals surface area contributed by atoms with Crippen molar-refractivity contribution in [1.82, 2.24) is 4.90 Å². The fraction of sp³-hybridized carbons (Fsp3) is 0.667. The molecular formula is C12H18N4O5. The highest BCUT2D eigenvalue weighted by Gasteiger charge is 2.22. The summed E-state index contributed by atoms with van der Waals surface area (Å²) in [5.74, 6) is -0.615. The van der Waals surface area contributed by atoms with Crippen LogP contribution >= 0.6 is 0 Å². The summed E-state index contributed by atoms with van der Waals surface area (Å²) >= 11 is 0. The Morgan fingerprint density at radius 3 is 2.05 bits per heavy atom. The summed E-state index contributed by atoms with van der Waals surface area (Å²) in [5.41, 5.74) is 8.03. The Morgan fingerprint density at radius 1 is 0.952 bits per heavy atom. The quantitative estimate of drug-likeness (QED) is 0.169. The molecule has 0 bridgehead atoms. The van der Waals surface area contributed by atoms with Crippen LogP contribution in [0.3, 0.4) is 0 Å². The van der Waals surface area contributed by atoms with Crippen LogP contribution in [-0.2, 0) is 23.8 Å². The van der Waals surface area contributed by atoms with Gasteiger partial charge in [-0.05, 0) is 5.53 Å². The van der Waals surface area contributed by atoms with Crippen molar-refractivity contribution in [2.45, 2.75) is 0 Å². The van der Waals surface area contributed by atoms with Crippen molar-refractivity contribution >= 4 is 11.8 Å². The van der Waals surface area contributed by atoms with Crippen LogP contribution in [-0.4, -0.2) is 69.4 Å². The molecule has 0 N–H and O–H groups in total. The monoisotopic (exact) mass is 298 g/mol. The molecule has 1 aliphatic rings. The number of hydrogen-bond donors (Lipinski definition) is 0. The van der Waals surface area contributed by atoms with Gasteiger partial charge in [-0.3, -0.25) is 14.5 Å². The molecule has 21 heavy (non-hydrogen) atoms. The van der Waals surface area contributed by atoms with Crippen molar-refractivity contribution in [2.75, 3.05) is 52.7 Å². The number of carbonyl (C=O) groups is 2. The largest absolute Gasteiger partial charge is 0.379 e. The van der Waals surface area contributed by atoms with E-state index in [4.69, 9.17) is 19.7 Å². The van der Waals surface area contributed by atoms with E-state index >= 15 is 0 Å². The number of carbonyl (C=O) groups excluding carboxylic acids is 2. The minimum Gasteiger partial charge on any atom is -0.379 e. The minimum absolute atomic E-state index is 0.243. The fourth-order valence-corrected chi connectivity index (χ4v) is 1.50. The molecule has 0 aliphatic carbocycles. The molecule has 0 saturated heterocycles. The van der Waals surface area contributed by atoms with E-state index in [0.29, 0.717) is 39.6 Å². The molecule has 9 heteroatoms. The van der Waals surface area contributed by atoms with E-state index in [0.717, 1.165) is 4.90 Å². The zero-order valence-corrected chi connectivity index (χ0v) is 11.6. The molecule has 9 nitrogen and oxygen atoms in total. The SMILES string of the molecule is [N-]=[N+]=NCCOCCOCCOCCN1C(=O)C=CC1=O. The first kappa shape index (κ1) is 17.1. The maximum absolute atomic E-state index is 11.2. The molecule has 0 unspecified atom stereocenters. The summed E-state index contributed by atoms with van der Waals surface area (Å²) in [7, 11) is 0. The Hall–Kier alpha value is -1.93. The third kappa shape index (κ3) is 7.42. The first-order valence-corrected chi connectivity index (χ1v) is 6.53. The van der Waals surface area contributed by atoms with Crippen molar-refractivity contribution in [3.8, 4) is 0 Å². The van der Waals surface area contributed by atoms with E-state index in [1.165, 1.54) is 12.2 Å². The number of ether oxygens (including phenoxy) is 3. The van der Waals surface area contributed by atoms with Gasteiger partial charge in [0.25, 0.3) is 11.8 Å². The summed E-state index contributed by atoms with van der Waals surface area (Å²) in [6.07, 6.45) is 2.49. The molecule has 1 heterocycles. The number of nitrogens with zero attached hydrogens (tertiary/aromatic N) is 4. The average Bonchev–Trinajstić information content (AvgIpc) is 2.80. The topological polar surface area (TPSA) is 114 Å². The Labute approximate surface area is 122 Å². The van der Waals surface area contributed by atoms with Crippen LogP contribution in [0.2, 0.25) is 0 Å². The molecule has 1 rings (SSSR count). The van der Waals surface area contributed by atoms with Crippen LogP contribution in [0, 0.1) is 0 Å². The number of amides is 2. The molecule has 0 aromatic rings. The van der Waals surface area contributed by atoms with Gasteiger partial charge in [-0.2, -0.15) is 0 Å². The molecule has 0 aromatic carbocycles. The first-order chi connectivity index (χ1) is 10.3. The summed E-state index contributed by atoms with van der Waals surface area (Å²) < 4.78 is 15.6. The van der Waals surface area contributed by atoms with Gasteiger partial charge in [0.1, 0.15) is 0 Å². The molecule has 116 valence electrons. The number of hydrogen-bond acceptors (Lipinski definition) is 6. The van der Waals surface area contributed by atoms with Crippen LogP contribution in [0.25, 0.3) is 10.4 Å². The molecule has 0 fully saturated rings. The van der Waals surface area contributed by atoms with Crippen LogP contribution in [0.4, 0.5) is 0 Å². The van der Waals surface area contributed by atoms with Crippen molar-refractivity contribution in [2.24, 2.45) is 5.11 Å². The van der Waals surface area contributed by atoms with Gasteiger partial charge < -0.3 is 14.2 Å². The second kappa shape index (κ2) is 10.8. The van der Waals surface area contributed by atoms with Gasteiger partial charge >= 0.3 is 0 Å². The van der Waals surface area contributed by atoms with Crippen molar-refractivity contribution in [3.63, 3.8) is 0 Å². The number of imide groups is 1. The summed E-state index contributed by atoms with van der Waals surface area (Å²) in [6, 6.07) is 0. The van der Waals surface area contributed by atoms with Crippen molar-refractivity contribution < 1.29 is 23.8 Å². The second-order valence-electron chi connectivity index (χ2n) is 3.95. The third-order valence-electron chi connectivity index (χ3n) is 2.50. The second-order valence-corrected chi connectivity index (χ2v) is 3.95. The summed E-state index contributed by atoms with van der Waals surface area (Å²) in [4.78, 5) is 26.2. The van der Waals surface area contributed by atoms with E-state index in [9.17, 15) is 9.59 Å². The van der Waals surface area contributed by atoms with E-state index in [2.05, 4.69) is 10.0 Å². The molecule has 0 saturated carbocycles. The fourth-order valence-electron chi connectivity index (χ4n) is 1.50. The molecule has 2 amide bonds. The van der Waals surface area contributed by atoms with E-state index < -0.39 is 0 Å². The van der Waals surface area contributed by atoms with Gasteiger partial charge in [0.15, 0.2) is 0 Å². The maximum atomic E-state index is 11.2. The minimum atomic E-state index is -0.308. The van der Waals surface area contributed by atoms with Crippen molar-refractivity contribution in [3.05, 3.63) is 22.6 Å². The predicted molar refractivity (Wildman–Crippen MR) is 72.3 cm³/mol. The Morgan fingerprint density at radius 2 is 1.48 bits per heavy atom. The molecular weight excluding hydrogens is 280 g/mol. The highest BCUT2D eigenvalue weighted by atomic mass is 16.5. The van der Waals surface area contributed by atoms with Gasteiger partial charge in [0, 0.05) is 23.6 Å². The predicted octanol–water partition coefficient (Wildman–Crippen LogP) is 0.271. The molecule has 1 aliphatic heterocycles. The number of rotatable bonds is 12. The lowest BCUT2D eigenvalue weighted by atomic mass is 10.5. The van der Waals surface area contributed by atoms with Crippen LogP contribution in [0.1, 0.15) is 0 Å². The van der Waals surface area contributed by atoms with E-state index in [1.807, 2.05) is 0 Å². The lowest BCUT2D eigenvalue weighted by Crippen LogP contribution is -2.33. The van der Waals surface area contributed by atoms with Gasteiger partial charge in [-0.25, -0.2) is 0 Å². The highest BCUT2D eigenvalue weighted by Crippen LogP contribution is 2.02. The standard InChI is InChI=1S/C12H18N4O5/c13-15-14-3-5-19-7-9-21-10-8-20-6-4-16-11(17)1-2-12(16)18/h1-2H,3-10H2. The lowest BCUT2D eigenvalue weighted by Gasteiger charge is -2.13. The summed E-state index contributed by atoms with van der Waals surface area (Å²) in [5, 5.41) is 3.32. The van der Waals surface area contributed by atoms with Gasteiger partial charge in [-0.1, -0.05) is 5.11 Å². The van der Waals surface area contributed by atoms with Crippen LogP contribution in [0.15, 0.2) is 17.3 Å². The zero-order chi connectivity index (χ0) is 15.3. The van der Waals surface area contributed by atoms with Crippen molar-refractivity contribution in [1.29, 1.82) is 0 Å². The molecule has 0 aromatic heterocycles. The Balaban J connectivity index is 1.84. The van der Waals surface area contributed by atoms with Gasteiger partial charge in [-0.15, -0.1) is 0 Å². The summed E-state index contributed by atoms with van der Waals surface area (Å²) in [6.45, 7) is 2.83. The van der Waals surface area contributed by atoms with Crippen LogP contribution in [0.5, 0.6) is 0 Å². The maximum Gasteiger partial charge on any atom is 0.253 e. The molecule has 0 atom stereocenters. The smallest absolute Gasteiger partial charge is 0.253 e. The first-order valence-electron chi connectivity index (χ1n) is 6.53. The average molecular weight is 298 g/mol. The third-order valence-corrected chi connectivity index (χ3v) is 2.50. The Bertz CT molecular complexity index is 402. The van der Waals surface area contributed by atoms with Gasteiger partial charge in [0.05, 0.1) is 46.2 Å². The normalized spacial score (nSPS) is 13.8. The number of azide groups is 1. The zero-order valence-electron chi connectivity index (χ0n) is 11.6. The highest BCUT2D eigenvalue weighted by molar-refractivity contribution is 6.12. The van der Waals surface area contributed by atoms with E-state index in [-0.39, 0.29) is 25.0 Å². The molecule has 0 radical (unpaired) electrons.